The monoisotopic (exact) mass is 230 g/mol. The number of para-hydroxylation sites is 1. The van der Waals surface area contributed by atoms with Gasteiger partial charge in [0.15, 0.2) is 0 Å². The highest BCUT2D eigenvalue weighted by Gasteiger charge is 2.12. The van der Waals surface area contributed by atoms with Gasteiger partial charge in [-0.1, -0.05) is 18.2 Å². The summed E-state index contributed by atoms with van der Waals surface area (Å²) >= 11 is 0. The number of hydrogen-bond donors (Lipinski definition) is 1. The highest BCUT2D eigenvalue weighted by molar-refractivity contribution is 5.79. The summed E-state index contributed by atoms with van der Waals surface area (Å²) in [5.41, 5.74) is 7.68. The summed E-state index contributed by atoms with van der Waals surface area (Å²) in [7, 11) is 1.35. The van der Waals surface area contributed by atoms with E-state index >= 15 is 0 Å². The quantitative estimate of drug-likeness (QED) is 0.816. The molecule has 0 amide bonds. The predicted octanol–water partition coefficient (Wildman–Crippen LogP) is 1.80. The highest BCUT2D eigenvalue weighted by Crippen LogP contribution is 2.18. The topological polar surface area (TPSA) is 65.2 Å². The molecule has 2 aromatic rings. The van der Waals surface area contributed by atoms with Crippen LogP contribution in [0, 0.1) is 0 Å². The van der Waals surface area contributed by atoms with E-state index in [1.807, 2.05) is 30.3 Å². The van der Waals surface area contributed by atoms with Gasteiger partial charge in [-0.3, -0.25) is 9.78 Å². The summed E-state index contributed by atoms with van der Waals surface area (Å²) in [5.74, 6) is -0.314. The number of aromatic nitrogens is 1. The van der Waals surface area contributed by atoms with Gasteiger partial charge in [0.25, 0.3) is 0 Å². The SMILES string of the molecule is COC(=O)C[C@@H](N)c1cnc2ccccc2c1. The molecule has 0 saturated heterocycles. The van der Waals surface area contributed by atoms with Gasteiger partial charge < -0.3 is 10.5 Å². The van der Waals surface area contributed by atoms with E-state index < -0.39 is 0 Å². The minimum absolute atomic E-state index is 0.163. The average molecular weight is 230 g/mol. The fourth-order valence-corrected chi connectivity index (χ4v) is 1.67. The molecular formula is C13H14N2O2. The standard InChI is InChI=1S/C13H14N2O2/c1-17-13(16)7-11(14)10-6-9-4-2-3-5-12(9)15-8-10/h2-6,8,11H,7,14H2,1H3/t11-/m1/s1. The molecule has 2 N–H and O–H groups in total. The Kier molecular flexibility index (Phi) is 3.35. The second-order valence-electron chi connectivity index (χ2n) is 3.85. The van der Waals surface area contributed by atoms with Crippen molar-refractivity contribution >= 4 is 16.9 Å². The first-order chi connectivity index (χ1) is 8.20. The molecule has 0 aliphatic rings. The third-order valence-corrected chi connectivity index (χ3v) is 2.65. The molecule has 0 radical (unpaired) electrons. The summed E-state index contributed by atoms with van der Waals surface area (Å²) in [6, 6.07) is 9.36. The second-order valence-corrected chi connectivity index (χ2v) is 3.85. The summed E-state index contributed by atoms with van der Waals surface area (Å²) in [6.45, 7) is 0. The van der Waals surface area contributed by atoms with E-state index in [-0.39, 0.29) is 18.4 Å². The van der Waals surface area contributed by atoms with Crippen molar-refractivity contribution < 1.29 is 9.53 Å². The molecule has 0 saturated carbocycles. The third-order valence-electron chi connectivity index (χ3n) is 2.65. The predicted molar refractivity (Wildman–Crippen MR) is 65.3 cm³/mol. The van der Waals surface area contributed by atoms with Crippen LogP contribution in [0.2, 0.25) is 0 Å². The van der Waals surface area contributed by atoms with Gasteiger partial charge in [-0.15, -0.1) is 0 Å². The number of methoxy groups -OCH3 is 1. The first-order valence-electron chi connectivity index (χ1n) is 5.38. The van der Waals surface area contributed by atoms with Crippen molar-refractivity contribution in [3.05, 3.63) is 42.1 Å². The first-order valence-corrected chi connectivity index (χ1v) is 5.38. The van der Waals surface area contributed by atoms with Gasteiger partial charge in [0.2, 0.25) is 0 Å². The van der Waals surface area contributed by atoms with Gasteiger partial charge in [0, 0.05) is 17.6 Å². The van der Waals surface area contributed by atoms with Crippen molar-refractivity contribution in [1.29, 1.82) is 0 Å². The molecule has 0 bridgehead atoms. The molecule has 88 valence electrons. The van der Waals surface area contributed by atoms with Crippen molar-refractivity contribution in [3.63, 3.8) is 0 Å². The highest BCUT2D eigenvalue weighted by atomic mass is 16.5. The fourth-order valence-electron chi connectivity index (χ4n) is 1.67. The number of nitrogens with two attached hydrogens (primary N) is 1. The number of carbonyl (C=O) groups is 1. The van der Waals surface area contributed by atoms with E-state index in [1.165, 1.54) is 7.11 Å². The Hall–Kier alpha value is -1.94. The molecule has 0 fully saturated rings. The maximum atomic E-state index is 11.1. The lowest BCUT2D eigenvalue weighted by molar-refractivity contribution is -0.141. The van der Waals surface area contributed by atoms with Gasteiger partial charge in [-0.2, -0.15) is 0 Å². The van der Waals surface area contributed by atoms with Gasteiger partial charge in [-0.05, 0) is 17.7 Å². The number of ether oxygens (including phenoxy) is 1. The van der Waals surface area contributed by atoms with E-state index in [1.54, 1.807) is 6.20 Å². The zero-order valence-corrected chi connectivity index (χ0v) is 9.59. The Morgan fingerprint density at radius 1 is 1.47 bits per heavy atom. The zero-order valence-electron chi connectivity index (χ0n) is 9.59. The van der Waals surface area contributed by atoms with Crippen LogP contribution in [-0.4, -0.2) is 18.1 Å². The minimum Gasteiger partial charge on any atom is -0.469 e. The minimum atomic E-state index is -0.375. The fraction of sp³-hybridized carbons (Fsp3) is 0.231. The lowest BCUT2D eigenvalue weighted by Crippen LogP contribution is -2.16. The summed E-state index contributed by atoms with van der Waals surface area (Å²) in [6.07, 6.45) is 1.87. The molecule has 1 atom stereocenters. The number of hydrogen-bond acceptors (Lipinski definition) is 4. The molecule has 0 spiro atoms. The number of esters is 1. The van der Waals surface area contributed by atoms with Crippen LogP contribution in [0.15, 0.2) is 36.5 Å². The van der Waals surface area contributed by atoms with Crippen LogP contribution in [-0.2, 0) is 9.53 Å². The summed E-state index contributed by atoms with van der Waals surface area (Å²) < 4.78 is 4.59. The first kappa shape index (κ1) is 11.5. The van der Waals surface area contributed by atoms with Crippen LogP contribution in [0.4, 0.5) is 0 Å². The van der Waals surface area contributed by atoms with Crippen LogP contribution in [0.1, 0.15) is 18.0 Å². The normalized spacial score (nSPS) is 12.4. The number of benzene rings is 1. The van der Waals surface area contributed by atoms with E-state index in [4.69, 9.17) is 5.73 Å². The Morgan fingerprint density at radius 2 is 2.24 bits per heavy atom. The van der Waals surface area contributed by atoms with Gasteiger partial charge >= 0.3 is 5.97 Å². The molecule has 0 aliphatic carbocycles. The molecule has 17 heavy (non-hydrogen) atoms. The van der Waals surface area contributed by atoms with Crippen molar-refractivity contribution in [2.75, 3.05) is 7.11 Å². The van der Waals surface area contributed by atoms with E-state index in [0.717, 1.165) is 16.5 Å². The number of carbonyl (C=O) groups excluding carboxylic acids is 1. The Bertz CT molecular complexity index is 540. The third kappa shape index (κ3) is 2.60. The van der Waals surface area contributed by atoms with Crippen molar-refractivity contribution in [2.45, 2.75) is 12.5 Å². The Balaban J connectivity index is 2.26. The van der Waals surface area contributed by atoms with E-state index in [0.29, 0.717) is 0 Å². The smallest absolute Gasteiger partial charge is 0.307 e. The van der Waals surface area contributed by atoms with Gasteiger partial charge in [-0.25, -0.2) is 0 Å². The van der Waals surface area contributed by atoms with Crippen LogP contribution >= 0.6 is 0 Å². The maximum absolute atomic E-state index is 11.1. The lowest BCUT2D eigenvalue weighted by Gasteiger charge is -2.10. The maximum Gasteiger partial charge on any atom is 0.307 e. The molecule has 0 unspecified atom stereocenters. The number of pyridine rings is 1. The zero-order chi connectivity index (χ0) is 12.3. The van der Waals surface area contributed by atoms with Crippen LogP contribution in [0.5, 0.6) is 0 Å². The Morgan fingerprint density at radius 3 is 3.00 bits per heavy atom. The molecule has 1 aromatic carbocycles. The number of fused-ring (bicyclic) bond motifs is 1. The van der Waals surface area contributed by atoms with Crippen molar-refractivity contribution in [2.24, 2.45) is 5.73 Å². The number of rotatable bonds is 3. The average Bonchev–Trinajstić information content (AvgIpc) is 2.38. The van der Waals surface area contributed by atoms with Crippen molar-refractivity contribution in [1.82, 2.24) is 4.98 Å². The molecular weight excluding hydrogens is 216 g/mol. The summed E-state index contributed by atoms with van der Waals surface area (Å²) in [4.78, 5) is 15.4. The van der Waals surface area contributed by atoms with Crippen LogP contribution < -0.4 is 5.73 Å². The second kappa shape index (κ2) is 4.93. The van der Waals surface area contributed by atoms with Crippen molar-refractivity contribution in [3.8, 4) is 0 Å². The largest absolute Gasteiger partial charge is 0.469 e. The van der Waals surface area contributed by atoms with E-state index in [2.05, 4.69) is 9.72 Å². The van der Waals surface area contributed by atoms with Crippen LogP contribution in [0.25, 0.3) is 10.9 Å². The number of nitrogens with zero attached hydrogens (tertiary/aromatic N) is 1. The lowest BCUT2D eigenvalue weighted by atomic mass is 10.0. The van der Waals surface area contributed by atoms with Gasteiger partial charge in [0.05, 0.1) is 19.0 Å². The molecule has 0 aliphatic heterocycles. The molecule has 4 nitrogen and oxygen atoms in total. The Labute approximate surface area is 99.4 Å². The molecule has 1 aromatic heterocycles. The van der Waals surface area contributed by atoms with Gasteiger partial charge in [0.1, 0.15) is 0 Å². The molecule has 1 heterocycles. The summed E-state index contributed by atoms with van der Waals surface area (Å²) in [5, 5.41) is 1.02. The van der Waals surface area contributed by atoms with Crippen LogP contribution in [0.3, 0.4) is 0 Å². The molecule has 2 rings (SSSR count). The van der Waals surface area contributed by atoms with E-state index in [9.17, 15) is 4.79 Å². The molecule has 4 heteroatoms.